The highest BCUT2D eigenvalue weighted by Crippen LogP contribution is 2.26. The van der Waals surface area contributed by atoms with Crippen molar-refractivity contribution < 1.29 is 4.74 Å². The van der Waals surface area contributed by atoms with Crippen molar-refractivity contribution in [3.8, 4) is 5.88 Å². The van der Waals surface area contributed by atoms with Crippen molar-refractivity contribution in [1.82, 2.24) is 14.9 Å². The molecule has 0 amide bonds. The van der Waals surface area contributed by atoms with Gasteiger partial charge in [0.1, 0.15) is 11.5 Å². The van der Waals surface area contributed by atoms with Gasteiger partial charge in [-0.1, -0.05) is 6.92 Å². The second kappa shape index (κ2) is 7.78. The van der Waals surface area contributed by atoms with Crippen LogP contribution in [0.15, 0.2) is 0 Å². The number of nitrogens with two attached hydrogens (primary N) is 1. The molecule has 1 aromatic rings. The van der Waals surface area contributed by atoms with Crippen molar-refractivity contribution >= 4 is 11.5 Å². The van der Waals surface area contributed by atoms with Gasteiger partial charge in [0, 0.05) is 13.0 Å². The zero-order valence-electron chi connectivity index (χ0n) is 12.4. The van der Waals surface area contributed by atoms with Crippen LogP contribution in [0, 0.1) is 0 Å². The van der Waals surface area contributed by atoms with Crippen LogP contribution in [0.2, 0.25) is 0 Å². The third kappa shape index (κ3) is 4.90. The fraction of sp³-hybridized carbons (Fsp3) is 0.692. The maximum Gasteiger partial charge on any atom is 0.242 e. The monoisotopic (exact) mass is 267 g/mol. The molecule has 0 aliphatic rings. The molecule has 0 aromatic carbocycles. The minimum atomic E-state index is 0.476. The van der Waals surface area contributed by atoms with Crippen LogP contribution in [-0.2, 0) is 6.42 Å². The van der Waals surface area contributed by atoms with Crippen LogP contribution in [0.25, 0.3) is 0 Å². The number of anilines is 2. The molecule has 6 nitrogen and oxygen atoms in total. The summed E-state index contributed by atoms with van der Waals surface area (Å²) in [6.07, 6.45) is 1.79. The van der Waals surface area contributed by atoms with Gasteiger partial charge >= 0.3 is 0 Å². The van der Waals surface area contributed by atoms with Gasteiger partial charge in [-0.25, -0.2) is 4.98 Å². The Bertz CT molecular complexity index is 395. The van der Waals surface area contributed by atoms with Gasteiger partial charge in [0.15, 0.2) is 5.82 Å². The number of nitrogens with one attached hydrogen (secondary N) is 1. The maximum absolute atomic E-state index is 6.01. The highest BCUT2D eigenvalue weighted by Gasteiger charge is 2.11. The van der Waals surface area contributed by atoms with E-state index >= 15 is 0 Å². The highest BCUT2D eigenvalue weighted by atomic mass is 16.5. The quantitative estimate of drug-likeness (QED) is 0.693. The van der Waals surface area contributed by atoms with Gasteiger partial charge in [-0.2, -0.15) is 4.98 Å². The van der Waals surface area contributed by atoms with Gasteiger partial charge in [-0.3, -0.25) is 0 Å². The Hall–Kier alpha value is -1.56. The highest BCUT2D eigenvalue weighted by molar-refractivity contribution is 5.66. The first kappa shape index (κ1) is 15.5. The van der Waals surface area contributed by atoms with Crippen molar-refractivity contribution in [2.24, 2.45) is 0 Å². The van der Waals surface area contributed by atoms with Crippen molar-refractivity contribution in [3.05, 3.63) is 5.82 Å². The van der Waals surface area contributed by atoms with E-state index in [0.29, 0.717) is 24.0 Å². The summed E-state index contributed by atoms with van der Waals surface area (Å²) in [5, 5.41) is 3.26. The Morgan fingerprint density at radius 1 is 1.26 bits per heavy atom. The normalized spacial score (nSPS) is 10.8. The van der Waals surface area contributed by atoms with Crippen LogP contribution in [0.3, 0.4) is 0 Å². The fourth-order valence-corrected chi connectivity index (χ4v) is 1.63. The predicted octanol–water partition coefficient (Wildman–Crippen LogP) is 1.38. The third-order valence-corrected chi connectivity index (χ3v) is 2.63. The van der Waals surface area contributed by atoms with E-state index in [2.05, 4.69) is 34.3 Å². The molecule has 0 unspecified atom stereocenters. The van der Waals surface area contributed by atoms with E-state index in [9.17, 15) is 0 Å². The summed E-state index contributed by atoms with van der Waals surface area (Å²) in [5.74, 6) is 1.89. The summed E-state index contributed by atoms with van der Waals surface area (Å²) < 4.78 is 5.44. The average molecular weight is 267 g/mol. The molecule has 0 saturated heterocycles. The second-order valence-corrected chi connectivity index (χ2v) is 4.58. The molecule has 0 saturated carbocycles. The Morgan fingerprint density at radius 2 is 2.00 bits per heavy atom. The first-order chi connectivity index (χ1) is 9.08. The number of nitrogen functional groups attached to an aromatic ring is 1. The molecular weight excluding hydrogens is 242 g/mol. The number of rotatable bonds is 8. The number of aromatic nitrogens is 2. The van der Waals surface area contributed by atoms with E-state index in [4.69, 9.17) is 10.5 Å². The molecule has 0 aliphatic heterocycles. The zero-order chi connectivity index (χ0) is 14.3. The minimum Gasteiger partial charge on any atom is -0.476 e. The number of ether oxygens (including phenoxy) is 1. The topological polar surface area (TPSA) is 76.3 Å². The number of nitrogens with zero attached hydrogens (tertiary/aromatic N) is 3. The van der Waals surface area contributed by atoms with Crippen LogP contribution >= 0.6 is 0 Å². The smallest absolute Gasteiger partial charge is 0.242 e. The Balaban J connectivity index is 2.72. The van der Waals surface area contributed by atoms with Crippen molar-refractivity contribution in [2.75, 3.05) is 44.8 Å². The average Bonchev–Trinajstić information content (AvgIpc) is 2.38. The lowest BCUT2D eigenvalue weighted by molar-refractivity contribution is 0.327. The summed E-state index contributed by atoms with van der Waals surface area (Å²) in [7, 11) is 4.11. The zero-order valence-corrected chi connectivity index (χ0v) is 12.4. The fourth-order valence-electron chi connectivity index (χ4n) is 1.63. The lowest BCUT2D eigenvalue weighted by Crippen LogP contribution is -2.17. The molecule has 0 fully saturated rings. The van der Waals surface area contributed by atoms with E-state index < -0.39 is 0 Å². The molecule has 0 radical (unpaired) electrons. The molecule has 3 N–H and O–H groups in total. The lowest BCUT2D eigenvalue weighted by atomic mass is 10.3. The molecule has 0 atom stereocenters. The van der Waals surface area contributed by atoms with Gasteiger partial charge in [0.25, 0.3) is 0 Å². The Morgan fingerprint density at radius 3 is 2.58 bits per heavy atom. The molecule has 0 spiro atoms. The molecular formula is C13H25N5O. The van der Waals surface area contributed by atoms with E-state index in [0.717, 1.165) is 31.8 Å². The molecule has 0 aliphatic carbocycles. The maximum atomic E-state index is 6.01. The summed E-state index contributed by atoms with van der Waals surface area (Å²) in [4.78, 5) is 10.8. The summed E-state index contributed by atoms with van der Waals surface area (Å²) >= 11 is 0. The third-order valence-electron chi connectivity index (χ3n) is 2.63. The first-order valence-corrected chi connectivity index (χ1v) is 6.76. The molecule has 0 bridgehead atoms. The van der Waals surface area contributed by atoms with Gasteiger partial charge in [0.05, 0.1) is 6.61 Å². The Kier molecular flexibility index (Phi) is 6.35. The van der Waals surface area contributed by atoms with E-state index in [1.165, 1.54) is 0 Å². The number of aryl methyl sites for hydroxylation is 1. The van der Waals surface area contributed by atoms with Crippen molar-refractivity contribution in [1.29, 1.82) is 0 Å². The van der Waals surface area contributed by atoms with E-state index in [1.54, 1.807) is 0 Å². The molecule has 1 aromatic heterocycles. The largest absolute Gasteiger partial charge is 0.476 e. The Labute approximate surface area is 115 Å². The van der Waals surface area contributed by atoms with E-state index in [-0.39, 0.29) is 0 Å². The van der Waals surface area contributed by atoms with Crippen LogP contribution in [0.5, 0.6) is 5.88 Å². The summed E-state index contributed by atoms with van der Waals surface area (Å²) in [6, 6.07) is 0. The van der Waals surface area contributed by atoms with E-state index in [1.807, 2.05) is 13.8 Å². The molecule has 6 heteroatoms. The van der Waals surface area contributed by atoms with Gasteiger partial charge < -0.3 is 20.7 Å². The standard InChI is InChI=1S/C13H25N5O/c1-5-10-16-12(15-8-7-9-18(3)4)11(14)13(17-10)19-6-2/h5-9,14H2,1-4H3,(H,15,16,17). The van der Waals surface area contributed by atoms with Crippen LogP contribution in [0.4, 0.5) is 11.5 Å². The van der Waals surface area contributed by atoms with Crippen molar-refractivity contribution in [2.45, 2.75) is 26.7 Å². The van der Waals surface area contributed by atoms with Crippen molar-refractivity contribution in [3.63, 3.8) is 0 Å². The van der Waals surface area contributed by atoms with Crippen LogP contribution < -0.4 is 15.8 Å². The second-order valence-electron chi connectivity index (χ2n) is 4.58. The van der Waals surface area contributed by atoms with Crippen LogP contribution in [-0.4, -0.2) is 48.7 Å². The van der Waals surface area contributed by atoms with Crippen LogP contribution in [0.1, 0.15) is 26.1 Å². The summed E-state index contributed by atoms with van der Waals surface area (Å²) in [5.41, 5.74) is 6.50. The van der Waals surface area contributed by atoms with Gasteiger partial charge in [-0.05, 0) is 34.0 Å². The predicted molar refractivity (Wildman–Crippen MR) is 78.7 cm³/mol. The first-order valence-electron chi connectivity index (χ1n) is 6.76. The number of hydrogen-bond donors (Lipinski definition) is 2. The molecule has 108 valence electrons. The SMILES string of the molecule is CCOc1nc(CC)nc(NCCCN(C)C)c1N. The molecule has 1 heterocycles. The summed E-state index contributed by atoms with van der Waals surface area (Å²) in [6.45, 7) is 6.32. The molecule has 1 rings (SSSR count). The number of hydrogen-bond acceptors (Lipinski definition) is 6. The van der Waals surface area contributed by atoms with Gasteiger partial charge in [0.2, 0.25) is 5.88 Å². The van der Waals surface area contributed by atoms with Gasteiger partial charge in [-0.15, -0.1) is 0 Å². The minimum absolute atomic E-state index is 0.476. The lowest BCUT2D eigenvalue weighted by Gasteiger charge is -2.14. The molecule has 19 heavy (non-hydrogen) atoms.